The minimum atomic E-state index is -0.0368. The molecular weight excluding hydrogens is 394 g/mol. The second-order valence-corrected chi connectivity index (χ2v) is 7.91. The lowest BCUT2D eigenvalue weighted by molar-refractivity contribution is 0.163. The Morgan fingerprint density at radius 3 is 2.57 bits per heavy atom. The smallest absolute Gasteiger partial charge is 0.170 e. The number of hydrogen-bond acceptors (Lipinski definition) is 4. The van der Waals surface area contributed by atoms with Crippen LogP contribution in [0.25, 0.3) is 5.69 Å². The summed E-state index contributed by atoms with van der Waals surface area (Å²) in [5.74, 6) is 0. The van der Waals surface area contributed by atoms with Crippen molar-refractivity contribution in [1.29, 1.82) is 0 Å². The Kier molecular flexibility index (Phi) is 6.01. The Hall–Kier alpha value is -2.90. The zero-order chi connectivity index (χ0) is 21.1. The third kappa shape index (κ3) is 3.91. The van der Waals surface area contributed by atoms with Crippen molar-refractivity contribution in [2.24, 2.45) is 0 Å². The normalized spacial score (nSPS) is 18.5. The number of benzene rings is 1. The first-order valence-corrected chi connectivity index (χ1v) is 10.4. The van der Waals surface area contributed by atoms with E-state index in [1.54, 1.807) is 7.11 Å². The average molecular weight is 422 g/mol. The molecule has 7 heteroatoms. The van der Waals surface area contributed by atoms with Crippen LogP contribution in [0.15, 0.2) is 67.0 Å². The van der Waals surface area contributed by atoms with E-state index in [-0.39, 0.29) is 12.1 Å². The molecule has 0 bridgehead atoms. The van der Waals surface area contributed by atoms with Gasteiger partial charge in [-0.3, -0.25) is 4.98 Å². The molecule has 2 aromatic heterocycles. The van der Waals surface area contributed by atoms with Crippen LogP contribution in [0.2, 0.25) is 0 Å². The van der Waals surface area contributed by atoms with Gasteiger partial charge in [-0.05, 0) is 60.7 Å². The van der Waals surface area contributed by atoms with Crippen molar-refractivity contribution in [1.82, 2.24) is 19.8 Å². The molecule has 0 saturated carbocycles. The van der Waals surface area contributed by atoms with Gasteiger partial charge < -0.3 is 24.4 Å². The van der Waals surface area contributed by atoms with Crippen LogP contribution in [0, 0.1) is 0 Å². The van der Waals surface area contributed by atoms with Crippen molar-refractivity contribution < 1.29 is 4.74 Å². The summed E-state index contributed by atoms with van der Waals surface area (Å²) in [5.41, 5.74) is 4.42. The lowest BCUT2D eigenvalue weighted by atomic mass is 10.0. The second-order valence-electron chi connectivity index (χ2n) is 7.53. The first-order chi connectivity index (χ1) is 14.6. The monoisotopic (exact) mass is 421 g/mol. The summed E-state index contributed by atoms with van der Waals surface area (Å²) in [7, 11) is 5.81. The van der Waals surface area contributed by atoms with E-state index in [0.717, 1.165) is 22.2 Å². The Balaban J connectivity index is 1.75. The molecule has 2 atom stereocenters. The van der Waals surface area contributed by atoms with Gasteiger partial charge in [-0.1, -0.05) is 6.07 Å². The summed E-state index contributed by atoms with van der Waals surface area (Å²) in [4.78, 5) is 8.92. The van der Waals surface area contributed by atoms with Crippen LogP contribution in [-0.2, 0) is 4.74 Å². The number of pyridine rings is 1. The molecule has 6 nitrogen and oxygen atoms in total. The van der Waals surface area contributed by atoms with Gasteiger partial charge in [0.15, 0.2) is 5.11 Å². The molecule has 0 radical (unpaired) electrons. The molecule has 3 heterocycles. The maximum Gasteiger partial charge on any atom is 0.170 e. The van der Waals surface area contributed by atoms with Gasteiger partial charge >= 0.3 is 0 Å². The molecule has 1 saturated heterocycles. The Bertz CT molecular complexity index is 986. The zero-order valence-corrected chi connectivity index (χ0v) is 18.3. The highest BCUT2D eigenvalue weighted by Gasteiger charge is 2.41. The third-order valence-corrected chi connectivity index (χ3v) is 5.81. The molecule has 0 amide bonds. The molecule has 0 unspecified atom stereocenters. The summed E-state index contributed by atoms with van der Waals surface area (Å²) in [6.45, 7) is 1.31. The van der Waals surface area contributed by atoms with Crippen molar-refractivity contribution >= 4 is 23.0 Å². The molecule has 1 N–H and O–H groups in total. The van der Waals surface area contributed by atoms with Gasteiger partial charge in [0.1, 0.15) is 0 Å². The van der Waals surface area contributed by atoms with Crippen LogP contribution in [0.3, 0.4) is 0 Å². The lowest BCUT2D eigenvalue weighted by Gasteiger charge is -2.28. The van der Waals surface area contributed by atoms with Crippen molar-refractivity contribution in [3.05, 3.63) is 78.4 Å². The summed E-state index contributed by atoms with van der Waals surface area (Å²) in [6.07, 6.45) is 3.93. The molecule has 1 aromatic carbocycles. The number of nitrogens with one attached hydrogen (secondary N) is 1. The minimum Gasteiger partial charge on any atom is -0.383 e. The van der Waals surface area contributed by atoms with Crippen LogP contribution in [-0.4, -0.2) is 53.9 Å². The van der Waals surface area contributed by atoms with Crippen molar-refractivity contribution in [2.75, 3.05) is 39.3 Å². The van der Waals surface area contributed by atoms with E-state index in [2.05, 4.69) is 67.3 Å². The highest BCUT2D eigenvalue weighted by Crippen LogP contribution is 2.39. The fourth-order valence-electron chi connectivity index (χ4n) is 3.94. The molecule has 0 spiro atoms. The number of thiocarbonyl (C=S) groups is 1. The molecule has 0 aliphatic carbocycles. The predicted molar refractivity (Wildman–Crippen MR) is 124 cm³/mol. The zero-order valence-electron chi connectivity index (χ0n) is 17.5. The Morgan fingerprint density at radius 1 is 1.10 bits per heavy atom. The van der Waals surface area contributed by atoms with Gasteiger partial charge in [0.2, 0.25) is 0 Å². The van der Waals surface area contributed by atoms with E-state index in [9.17, 15) is 0 Å². The van der Waals surface area contributed by atoms with E-state index >= 15 is 0 Å². The van der Waals surface area contributed by atoms with Gasteiger partial charge in [-0.15, -0.1) is 0 Å². The largest absolute Gasteiger partial charge is 0.383 e. The van der Waals surface area contributed by atoms with E-state index in [0.29, 0.717) is 13.2 Å². The van der Waals surface area contributed by atoms with Gasteiger partial charge in [0, 0.05) is 57.2 Å². The first kappa shape index (κ1) is 20.4. The summed E-state index contributed by atoms with van der Waals surface area (Å²) < 4.78 is 7.58. The highest BCUT2D eigenvalue weighted by atomic mass is 32.1. The van der Waals surface area contributed by atoms with Crippen LogP contribution >= 0.6 is 12.2 Å². The van der Waals surface area contributed by atoms with Gasteiger partial charge in [-0.2, -0.15) is 0 Å². The minimum absolute atomic E-state index is 0.00563. The molecule has 30 heavy (non-hydrogen) atoms. The van der Waals surface area contributed by atoms with Crippen LogP contribution in [0.4, 0.5) is 5.69 Å². The summed E-state index contributed by atoms with van der Waals surface area (Å²) >= 11 is 5.70. The third-order valence-electron chi connectivity index (χ3n) is 5.46. The standard InChI is InChI=1S/C23H27N5OS/c1-26(2)17-9-11-18(12-10-17)27-14-6-8-20(27)22-21(19-7-4-5-13-24-19)25-23(30)28(22)15-16-29-3/h4-14,21-22H,15-16H2,1-3H3,(H,25,30)/t21-,22+/m1/s1. The lowest BCUT2D eigenvalue weighted by Crippen LogP contribution is -2.33. The number of hydrogen-bond donors (Lipinski definition) is 1. The first-order valence-electron chi connectivity index (χ1n) is 10.0. The topological polar surface area (TPSA) is 45.6 Å². The quantitative estimate of drug-likeness (QED) is 0.589. The molecule has 1 fully saturated rings. The van der Waals surface area contributed by atoms with Crippen LogP contribution < -0.4 is 10.2 Å². The summed E-state index contributed by atoms with van der Waals surface area (Å²) in [5, 5.41) is 4.21. The molecule has 156 valence electrons. The summed E-state index contributed by atoms with van der Waals surface area (Å²) in [6, 6.07) is 18.8. The van der Waals surface area contributed by atoms with E-state index in [1.807, 2.05) is 38.5 Å². The van der Waals surface area contributed by atoms with E-state index in [1.165, 1.54) is 5.69 Å². The number of anilines is 1. The predicted octanol–water partition coefficient (Wildman–Crippen LogP) is 3.56. The molecule has 3 aromatic rings. The Morgan fingerprint density at radius 2 is 1.90 bits per heavy atom. The van der Waals surface area contributed by atoms with Crippen molar-refractivity contribution in [2.45, 2.75) is 12.1 Å². The second kappa shape index (κ2) is 8.85. The number of methoxy groups -OCH3 is 1. The number of aromatic nitrogens is 2. The maximum atomic E-state index is 5.70. The molecule has 1 aliphatic rings. The van der Waals surface area contributed by atoms with E-state index < -0.39 is 0 Å². The number of nitrogens with zero attached hydrogens (tertiary/aromatic N) is 4. The highest BCUT2D eigenvalue weighted by molar-refractivity contribution is 7.80. The Labute approximate surface area is 183 Å². The average Bonchev–Trinajstić information content (AvgIpc) is 3.37. The molecular formula is C23H27N5OS. The van der Waals surface area contributed by atoms with Gasteiger partial charge in [0.25, 0.3) is 0 Å². The van der Waals surface area contributed by atoms with Crippen LogP contribution in [0.1, 0.15) is 23.5 Å². The maximum absolute atomic E-state index is 5.70. The number of ether oxygens (including phenoxy) is 1. The van der Waals surface area contributed by atoms with Crippen molar-refractivity contribution in [3.8, 4) is 5.69 Å². The SMILES string of the molecule is COCCN1C(=S)N[C@H](c2ccccn2)[C@@H]1c1cccn1-c1ccc(N(C)C)cc1. The number of rotatable bonds is 7. The van der Waals surface area contributed by atoms with Crippen LogP contribution in [0.5, 0.6) is 0 Å². The van der Waals surface area contributed by atoms with Gasteiger partial charge in [-0.25, -0.2) is 0 Å². The fraction of sp³-hybridized carbons (Fsp3) is 0.304. The van der Waals surface area contributed by atoms with Gasteiger partial charge in [0.05, 0.1) is 24.4 Å². The molecule has 1 aliphatic heterocycles. The molecule has 4 rings (SSSR count). The van der Waals surface area contributed by atoms with Crippen molar-refractivity contribution in [3.63, 3.8) is 0 Å². The fourth-order valence-corrected chi connectivity index (χ4v) is 4.27. The van der Waals surface area contributed by atoms with E-state index in [4.69, 9.17) is 17.0 Å².